The van der Waals surface area contributed by atoms with Gasteiger partial charge in [0.25, 0.3) is 0 Å². The molecular weight excluding hydrogens is 176 g/mol. The zero-order chi connectivity index (χ0) is 9.80. The van der Waals surface area contributed by atoms with E-state index in [-0.39, 0.29) is 0 Å². The Kier molecular flexibility index (Phi) is 3.79. The van der Waals surface area contributed by atoms with Crippen LogP contribution in [0.2, 0.25) is 0 Å². The van der Waals surface area contributed by atoms with Crippen LogP contribution in [0.1, 0.15) is 26.2 Å². The van der Waals surface area contributed by atoms with Gasteiger partial charge in [0.05, 0.1) is 12.2 Å². The second-order valence-electron chi connectivity index (χ2n) is 4.41. The maximum atomic E-state index is 6.08. The third-order valence-electron chi connectivity index (χ3n) is 3.31. The molecule has 3 nitrogen and oxygen atoms in total. The van der Waals surface area contributed by atoms with Crippen molar-refractivity contribution in [3.05, 3.63) is 0 Å². The molecule has 0 bridgehead atoms. The molecule has 0 saturated carbocycles. The molecule has 2 fully saturated rings. The van der Waals surface area contributed by atoms with Gasteiger partial charge in [-0.2, -0.15) is 0 Å². The molecule has 14 heavy (non-hydrogen) atoms. The fraction of sp³-hybridized carbons (Fsp3) is 1.00. The normalized spacial score (nSPS) is 34.9. The second-order valence-corrected chi connectivity index (χ2v) is 4.41. The molecule has 2 atom stereocenters. The molecule has 0 amide bonds. The minimum atomic E-state index is 0.483. The summed E-state index contributed by atoms with van der Waals surface area (Å²) in [4.78, 5) is 2.50. The van der Waals surface area contributed by atoms with Gasteiger partial charge < -0.3 is 15.0 Å². The van der Waals surface area contributed by atoms with Crippen LogP contribution in [0.25, 0.3) is 0 Å². The Balaban J connectivity index is 1.73. The van der Waals surface area contributed by atoms with Gasteiger partial charge in [0.15, 0.2) is 0 Å². The lowest BCUT2D eigenvalue weighted by Crippen LogP contribution is -2.41. The Morgan fingerprint density at radius 2 is 2.29 bits per heavy atom. The number of hydrogen-bond donors (Lipinski definition) is 1. The second kappa shape index (κ2) is 5.10. The van der Waals surface area contributed by atoms with E-state index < -0.39 is 0 Å². The van der Waals surface area contributed by atoms with Crippen LogP contribution in [0.15, 0.2) is 0 Å². The van der Waals surface area contributed by atoms with Crippen molar-refractivity contribution in [2.45, 2.75) is 38.4 Å². The van der Waals surface area contributed by atoms with E-state index in [2.05, 4.69) is 17.1 Å². The van der Waals surface area contributed by atoms with E-state index >= 15 is 0 Å². The van der Waals surface area contributed by atoms with E-state index in [9.17, 15) is 0 Å². The van der Waals surface area contributed by atoms with Crippen LogP contribution in [0.3, 0.4) is 0 Å². The first-order chi connectivity index (χ1) is 6.88. The Hall–Kier alpha value is -0.120. The number of likely N-dealkylation sites (N-methyl/N-ethyl adjacent to an activating group) is 1. The first kappa shape index (κ1) is 10.4. The molecule has 2 aliphatic heterocycles. The van der Waals surface area contributed by atoms with Gasteiger partial charge in [0.1, 0.15) is 0 Å². The molecule has 0 spiro atoms. The topological polar surface area (TPSA) is 24.5 Å². The molecule has 0 radical (unpaired) electrons. The zero-order valence-corrected chi connectivity index (χ0v) is 9.17. The highest BCUT2D eigenvalue weighted by Crippen LogP contribution is 2.16. The van der Waals surface area contributed by atoms with Crippen molar-refractivity contribution in [2.75, 3.05) is 32.7 Å². The van der Waals surface area contributed by atoms with Crippen molar-refractivity contribution in [1.29, 1.82) is 0 Å². The minimum absolute atomic E-state index is 0.483. The number of ether oxygens (including phenoxy) is 1. The predicted octanol–water partition coefficient (Wildman–Crippen LogP) is 0.849. The molecule has 2 heterocycles. The molecule has 0 aromatic heterocycles. The molecular formula is C11H22N2O. The maximum absolute atomic E-state index is 6.08. The summed E-state index contributed by atoms with van der Waals surface area (Å²) in [5.41, 5.74) is 0. The summed E-state index contributed by atoms with van der Waals surface area (Å²) in [5.74, 6) is 0. The van der Waals surface area contributed by atoms with Gasteiger partial charge in [0, 0.05) is 13.1 Å². The van der Waals surface area contributed by atoms with Crippen molar-refractivity contribution in [1.82, 2.24) is 10.2 Å². The van der Waals surface area contributed by atoms with Gasteiger partial charge in [0.2, 0.25) is 0 Å². The summed E-state index contributed by atoms with van der Waals surface area (Å²) in [6.45, 7) is 8.01. The summed E-state index contributed by atoms with van der Waals surface area (Å²) >= 11 is 0. The summed E-state index contributed by atoms with van der Waals surface area (Å²) in [6.07, 6.45) is 4.74. The summed E-state index contributed by atoms with van der Waals surface area (Å²) < 4.78 is 6.08. The van der Waals surface area contributed by atoms with Gasteiger partial charge >= 0.3 is 0 Å². The molecule has 0 aromatic carbocycles. The smallest absolute Gasteiger partial charge is 0.0715 e. The van der Waals surface area contributed by atoms with E-state index in [0.29, 0.717) is 12.2 Å². The summed E-state index contributed by atoms with van der Waals surface area (Å²) in [6, 6.07) is 0. The van der Waals surface area contributed by atoms with Crippen LogP contribution in [0, 0.1) is 0 Å². The van der Waals surface area contributed by atoms with Crippen LogP contribution in [-0.4, -0.2) is 49.8 Å². The molecule has 3 heteroatoms. The lowest BCUT2D eigenvalue weighted by atomic mass is 10.1. The largest absolute Gasteiger partial charge is 0.372 e. The Labute approximate surface area is 86.8 Å². The highest BCUT2D eigenvalue weighted by Gasteiger charge is 2.24. The molecule has 0 aromatic rings. The van der Waals surface area contributed by atoms with E-state index in [4.69, 9.17) is 4.74 Å². The molecule has 2 rings (SSSR count). The van der Waals surface area contributed by atoms with Crippen molar-refractivity contribution < 1.29 is 4.74 Å². The average Bonchev–Trinajstić information content (AvgIpc) is 2.71. The standard InChI is InChI=1S/C11H22N2O/c1-2-13-7-3-4-11(9-13)14-10-5-6-12-8-10/h10-12H,2-9H2,1H3. The van der Waals surface area contributed by atoms with Gasteiger partial charge in [-0.3, -0.25) is 0 Å². The summed E-state index contributed by atoms with van der Waals surface area (Å²) in [7, 11) is 0. The highest BCUT2D eigenvalue weighted by atomic mass is 16.5. The van der Waals surface area contributed by atoms with Crippen molar-refractivity contribution >= 4 is 0 Å². The van der Waals surface area contributed by atoms with Crippen LogP contribution in [0.5, 0.6) is 0 Å². The Morgan fingerprint density at radius 3 is 3.00 bits per heavy atom. The number of rotatable bonds is 3. The number of piperidine rings is 1. The van der Waals surface area contributed by atoms with Gasteiger partial charge in [-0.25, -0.2) is 0 Å². The van der Waals surface area contributed by atoms with Crippen LogP contribution < -0.4 is 5.32 Å². The third kappa shape index (κ3) is 2.69. The first-order valence-electron chi connectivity index (χ1n) is 5.97. The van der Waals surface area contributed by atoms with Gasteiger partial charge in [-0.15, -0.1) is 0 Å². The van der Waals surface area contributed by atoms with Crippen LogP contribution in [-0.2, 0) is 4.74 Å². The molecule has 82 valence electrons. The Morgan fingerprint density at radius 1 is 1.36 bits per heavy atom. The molecule has 0 aliphatic carbocycles. The SMILES string of the molecule is CCN1CCCC(OC2CCNC2)C1. The number of likely N-dealkylation sites (tertiary alicyclic amines) is 1. The van der Waals surface area contributed by atoms with E-state index in [1.165, 1.54) is 32.4 Å². The zero-order valence-electron chi connectivity index (χ0n) is 9.17. The minimum Gasteiger partial charge on any atom is -0.372 e. The lowest BCUT2D eigenvalue weighted by molar-refractivity contribution is -0.0385. The molecule has 1 N–H and O–H groups in total. The number of nitrogens with one attached hydrogen (secondary N) is 1. The summed E-state index contributed by atoms with van der Waals surface area (Å²) in [5, 5.41) is 3.35. The molecule has 2 aliphatic rings. The molecule has 2 saturated heterocycles. The van der Waals surface area contributed by atoms with Crippen molar-refractivity contribution in [3.63, 3.8) is 0 Å². The van der Waals surface area contributed by atoms with Crippen molar-refractivity contribution in [2.24, 2.45) is 0 Å². The number of nitrogens with zero attached hydrogens (tertiary/aromatic N) is 1. The predicted molar refractivity (Wildman–Crippen MR) is 57.5 cm³/mol. The third-order valence-corrected chi connectivity index (χ3v) is 3.31. The monoisotopic (exact) mass is 198 g/mol. The average molecular weight is 198 g/mol. The fourth-order valence-electron chi connectivity index (χ4n) is 2.43. The van der Waals surface area contributed by atoms with Crippen LogP contribution in [0.4, 0.5) is 0 Å². The quantitative estimate of drug-likeness (QED) is 0.727. The Bertz CT molecular complexity index is 169. The van der Waals surface area contributed by atoms with Crippen LogP contribution >= 0.6 is 0 Å². The molecule has 2 unspecified atom stereocenters. The van der Waals surface area contributed by atoms with Crippen molar-refractivity contribution in [3.8, 4) is 0 Å². The van der Waals surface area contributed by atoms with E-state index in [0.717, 1.165) is 19.6 Å². The fourth-order valence-corrected chi connectivity index (χ4v) is 2.43. The van der Waals surface area contributed by atoms with Gasteiger partial charge in [-0.1, -0.05) is 6.92 Å². The lowest BCUT2D eigenvalue weighted by Gasteiger charge is -2.33. The van der Waals surface area contributed by atoms with Gasteiger partial charge in [-0.05, 0) is 38.9 Å². The maximum Gasteiger partial charge on any atom is 0.0715 e. The van der Waals surface area contributed by atoms with E-state index in [1.54, 1.807) is 0 Å². The van der Waals surface area contributed by atoms with E-state index in [1.807, 2.05) is 0 Å². The highest BCUT2D eigenvalue weighted by molar-refractivity contribution is 4.77. The first-order valence-corrected chi connectivity index (χ1v) is 5.97. The number of hydrogen-bond acceptors (Lipinski definition) is 3.